The SMILES string of the molecule is CCCCC(C)NC(=O)Nc1cccc(C(C)NCC)c1. The standard InChI is InChI=1S/C17H29N3O/c1-5-7-9-13(3)19-17(21)20-16-11-8-10-15(12-16)14(4)18-6-2/h8,10-14,18H,5-7,9H2,1-4H3,(H2,19,20,21). The Kier molecular flexibility index (Phi) is 7.83. The number of urea groups is 1. The number of hydrogen-bond acceptors (Lipinski definition) is 2. The van der Waals surface area contributed by atoms with Crippen molar-refractivity contribution in [3.63, 3.8) is 0 Å². The molecule has 0 heterocycles. The first-order chi connectivity index (χ1) is 10.1. The Bertz CT molecular complexity index is 434. The quantitative estimate of drug-likeness (QED) is 0.676. The van der Waals surface area contributed by atoms with Crippen molar-refractivity contribution in [2.24, 2.45) is 0 Å². The predicted molar refractivity (Wildman–Crippen MR) is 89.7 cm³/mol. The Morgan fingerprint density at radius 3 is 2.67 bits per heavy atom. The third kappa shape index (κ3) is 6.63. The molecule has 1 aromatic rings. The predicted octanol–water partition coefficient (Wildman–Crippen LogP) is 4.06. The highest BCUT2D eigenvalue weighted by molar-refractivity contribution is 5.89. The average molecular weight is 291 g/mol. The molecule has 21 heavy (non-hydrogen) atoms. The van der Waals surface area contributed by atoms with Crippen molar-refractivity contribution >= 4 is 11.7 Å². The van der Waals surface area contributed by atoms with Crippen LogP contribution in [0.15, 0.2) is 24.3 Å². The number of nitrogens with one attached hydrogen (secondary N) is 3. The molecule has 0 saturated carbocycles. The summed E-state index contributed by atoms with van der Waals surface area (Å²) < 4.78 is 0. The van der Waals surface area contributed by atoms with Crippen LogP contribution in [0.4, 0.5) is 10.5 Å². The average Bonchev–Trinajstić information content (AvgIpc) is 2.45. The summed E-state index contributed by atoms with van der Waals surface area (Å²) in [5, 5.41) is 9.25. The molecule has 1 aromatic carbocycles. The molecule has 0 bridgehead atoms. The van der Waals surface area contributed by atoms with Crippen molar-refractivity contribution in [1.82, 2.24) is 10.6 Å². The smallest absolute Gasteiger partial charge is 0.319 e. The monoisotopic (exact) mass is 291 g/mol. The normalized spacial score (nSPS) is 13.5. The minimum absolute atomic E-state index is 0.133. The molecule has 0 fully saturated rings. The number of rotatable bonds is 8. The van der Waals surface area contributed by atoms with Gasteiger partial charge in [0.2, 0.25) is 0 Å². The van der Waals surface area contributed by atoms with E-state index in [9.17, 15) is 4.79 Å². The Hall–Kier alpha value is -1.55. The molecule has 4 heteroatoms. The summed E-state index contributed by atoms with van der Waals surface area (Å²) in [7, 11) is 0. The molecule has 118 valence electrons. The van der Waals surface area contributed by atoms with E-state index >= 15 is 0 Å². The molecule has 0 aliphatic rings. The highest BCUT2D eigenvalue weighted by Crippen LogP contribution is 2.17. The highest BCUT2D eigenvalue weighted by atomic mass is 16.2. The zero-order chi connectivity index (χ0) is 15.7. The minimum Gasteiger partial charge on any atom is -0.335 e. The maximum atomic E-state index is 12.0. The highest BCUT2D eigenvalue weighted by Gasteiger charge is 2.08. The molecule has 0 aromatic heterocycles. The third-order valence-electron chi connectivity index (χ3n) is 3.52. The zero-order valence-corrected chi connectivity index (χ0v) is 13.7. The van der Waals surface area contributed by atoms with Crippen molar-refractivity contribution in [2.75, 3.05) is 11.9 Å². The van der Waals surface area contributed by atoms with Gasteiger partial charge in [-0.3, -0.25) is 0 Å². The van der Waals surface area contributed by atoms with Crippen LogP contribution in [0.25, 0.3) is 0 Å². The Morgan fingerprint density at radius 1 is 1.24 bits per heavy atom. The number of hydrogen-bond donors (Lipinski definition) is 3. The van der Waals surface area contributed by atoms with Gasteiger partial charge in [-0.25, -0.2) is 4.79 Å². The van der Waals surface area contributed by atoms with Crippen LogP contribution in [0.2, 0.25) is 0 Å². The van der Waals surface area contributed by atoms with Crippen LogP contribution in [0.1, 0.15) is 58.6 Å². The largest absolute Gasteiger partial charge is 0.335 e. The number of carbonyl (C=O) groups is 1. The lowest BCUT2D eigenvalue weighted by atomic mass is 10.1. The van der Waals surface area contributed by atoms with Gasteiger partial charge in [-0.05, 0) is 44.5 Å². The van der Waals surface area contributed by atoms with Crippen molar-refractivity contribution in [3.8, 4) is 0 Å². The van der Waals surface area contributed by atoms with E-state index in [1.807, 2.05) is 25.1 Å². The van der Waals surface area contributed by atoms with Gasteiger partial charge in [0.1, 0.15) is 0 Å². The number of carbonyl (C=O) groups excluding carboxylic acids is 1. The summed E-state index contributed by atoms with van der Waals surface area (Å²) >= 11 is 0. The summed E-state index contributed by atoms with van der Waals surface area (Å²) in [6, 6.07) is 8.32. The number of benzene rings is 1. The minimum atomic E-state index is -0.133. The molecule has 2 unspecified atom stereocenters. The maximum absolute atomic E-state index is 12.0. The van der Waals surface area contributed by atoms with Gasteiger partial charge in [0, 0.05) is 17.8 Å². The first kappa shape index (κ1) is 17.5. The Labute approximate surface area is 128 Å². The van der Waals surface area contributed by atoms with Crippen LogP contribution in [0.5, 0.6) is 0 Å². The van der Waals surface area contributed by atoms with Crippen molar-refractivity contribution in [1.29, 1.82) is 0 Å². The van der Waals surface area contributed by atoms with E-state index in [2.05, 4.69) is 42.8 Å². The second-order valence-corrected chi connectivity index (χ2v) is 5.55. The van der Waals surface area contributed by atoms with Crippen LogP contribution in [-0.2, 0) is 0 Å². The van der Waals surface area contributed by atoms with Crippen LogP contribution >= 0.6 is 0 Å². The molecule has 2 atom stereocenters. The molecular weight excluding hydrogens is 262 g/mol. The fourth-order valence-corrected chi connectivity index (χ4v) is 2.28. The molecule has 3 N–H and O–H groups in total. The van der Waals surface area contributed by atoms with Gasteiger partial charge in [-0.2, -0.15) is 0 Å². The van der Waals surface area contributed by atoms with Crippen molar-refractivity contribution in [3.05, 3.63) is 29.8 Å². The van der Waals surface area contributed by atoms with E-state index in [0.29, 0.717) is 0 Å². The maximum Gasteiger partial charge on any atom is 0.319 e. The fraction of sp³-hybridized carbons (Fsp3) is 0.588. The van der Waals surface area contributed by atoms with E-state index in [1.54, 1.807) is 0 Å². The summed E-state index contributed by atoms with van der Waals surface area (Å²) in [5.41, 5.74) is 2.01. The molecule has 0 aliphatic carbocycles. The third-order valence-corrected chi connectivity index (χ3v) is 3.52. The van der Waals surface area contributed by atoms with Crippen LogP contribution in [0.3, 0.4) is 0 Å². The summed E-state index contributed by atoms with van der Waals surface area (Å²) in [5.74, 6) is 0. The summed E-state index contributed by atoms with van der Waals surface area (Å²) in [6.07, 6.45) is 3.30. The van der Waals surface area contributed by atoms with Gasteiger partial charge in [-0.1, -0.05) is 38.8 Å². The van der Waals surface area contributed by atoms with E-state index in [-0.39, 0.29) is 18.1 Å². The molecule has 0 radical (unpaired) electrons. The van der Waals surface area contributed by atoms with Crippen LogP contribution < -0.4 is 16.0 Å². The van der Waals surface area contributed by atoms with E-state index in [0.717, 1.165) is 31.5 Å². The summed E-state index contributed by atoms with van der Waals surface area (Å²) in [6.45, 7) is 9.33. The summed E-state index contributed by atoms with van der Waals surface area (Å²) in [4.78, 5) is 12.0. The first-order valence-corrected chi connectivity index (χ1v) is 7.97. The van der Waals surface area contributed by atoms with Gasteiger partial charge in [-0.15, -0.1) is 0 Å². The molecule has 4 nitrogen and oxygen atoms in total. The van der Waals surface area contributed by atoms with Gasteiger partial charge in [0.25, 0.3) is 0 Å². The second kappa shape index (κ2) is 9.40. The molecule has 0 spiro atoms. The first-order valence-electron chi connectivity index (χ1n) is 7.97. The Morgan fingerprint density at radius 2 is 2.00 bits per heavy atom. The Balaban J connectivity index is 2.54. The van der Waals surface area contributed by atoms with Crippen molar-refractivity contribution in [2.45, 2.75) is 59.0 Å². The fourth-order valence-electron chi connectivity index (χ4n) is 2.28. The molecule has 1 rings (SSSR count). The molecule has 0 aliphatic heterocycles. The lowest BCUT2D eigenvalue weighted by Crippen LogP contribution is -2.36. The van der Waals surface area contributed by atoms with Crippen LogP contribution in [0, 0.1) is 0 Å². The molecule has 0 saturated heterocycles. The van der Waals surface area contributed by atoms with E-state index in [1.165, 1.54) is 5.56 Å². The van der Waals surface area contributed by atoms with E-state index < -0.39 is 0 Å². The van der Waals surface area contributed by atoms with Gasteiger partial charge >= 0.3 is 6.03 Å². The van der Waals surface area contributed by atoms with Crippen molar-refractivity contribution < 1.29 is 4.79 Å². The second-order valence-electron chi connectivity index (χ2n) is 5.55. The number of anilines is 1. The molecule has 2 amide bonds. The lowest BCUT2D eigenvalue weighted by Gasteiger charge is -2.16. The number of amides is 2. The van der Waals surface area contributed by atoms with Gasteiger partial charge in [0.15, 0.2) is 0 Å². The van der Waals surface area contributed by atoms with Gasteiger partial charge in [0.05, 0.1) is 0 Å². The van der Waals surface area contributed by atoms with Crippen LogP contribution in [-0.4, -0.2) is 18.6 Å². The number of unbranched alkanes of at least 4 members (excludes halogenated alkanes) is 1. The molecular formula is C17H29N3O. The topological polar surface area (TPSA) is 53.2 Å². The lowest BCUT2D eigenvalue weighted by molar-refractivity contribution is 0.248. The van der Waals surface area contributed by atoms with Gasteiger partial charge < -0.3 is 16.0 Å². The van der Waals surface area contributed by atoms with E-state index in [4.69, 9.17) is 0 Å². The zero-order valence-electron chi connectivity index (χ0n) is 13.7.